The highest BCUT2D eigenvalue weighted by Gasteiger charge is 2.06. The molecule has 0 saturated heterocycles. The maximum Gasteiger partial charge on any atom is 0.0616 e. The van der Waals surface area contributed by atoms with Crippen LogP contribution in [0.4, 0.5) is 0 Å². The molecule has 2 unspecified atom stereocenters. The molecule has 2 nitrogen and oxygen atoms in total. The van der Waals surface area contributed by atoms with Crippen molar-refractivity contribution in [3.8, 4) is 0 Å². The Morgan fingerprint density at radius 1 is 1.23 bits per heavy atom. The minimum absolute atomic E-state index is 0.465. The van der Waals surface area contributed by atoms with E-state index in [1.807, 2.05) is 18.7 Å². The molecule has 0 fully saturated rings. The second-order valence-electron chi connectivity index (χ2n) is 3.29. The van der Waals surface area contributed by atoms with Crippen molar-refractivity contribution in [1.82, 2.24) is 5.32 Å². The Balaban J connectivity index is 3.35. The third kappa shape index (κ3) is 8.60. The number of rotatable bonds is 8. The molecule has 0 aliphatic carbocycles. The van der Waals surface area contributed by atoms with Crippen LogP contribution in [0.25, 0.3) is 0 Å². The Labute approximate surface area is 86.8 Å². The van der Waals surface area contributed by atoms with Crippen LogP contribution in [-0.2, 0) is 4.74 Å². The number of hydrogen-bond acceptors (Lipinski definition) is 3. The summed E-state index contributed by atoms with van der Waals surface area (Å²) in [6, 6.07) is 1.05. The van der Waals surface area contributed by atoms with Gasteiger partial charge in [-0.15, -0.1) is 0 Å². The molecule has 13 heavy (non-hydrogen) atoms. The quantitative estimate of drug-likeness (QED) is 0.656. The Bertz CT molecular complexity index is 99.1. The first-order chi connectivity index (χ1) is 6.20. The van der Waals surface area contributed by atoms with Gasteiger partial charge in [0.1, 0.15) is 0 Å². The molecule has 0 aromatic rings. The van der Waals surface area contributed by atoms with Crippen molar-refractivity contribution < 1.29 is 4.74 Å². The zero-order valence-corrected chi connectivity index (χ0v) is 10.1. The molecule has 0 amide bonds. The van der Waals surface area contributed by atoms with Gasteiger partial charge in [0, 0.05) is 24.4 Å². The molecule has 0 aromatic heterocycles. The van der Waals surface area contributed by atoms with Crippen molar-refractivity contribution in [3.05, 3.63) is 0 Å². The van der Waals surface area contributed by atoms with Gasteiger partial charge in [0.2, 0.25) is 0 Å². The molecule has 0 bridgehead atoms. The summed E-state index contributed by atoms with van der Waals surface area (Å²) < 4.78 is 5.33. The molecule has 0 spiro atoms. The minimum Gasteiger partial charge on any atom is -0.380 e. The van der Waals surface area contributed by atoms with E-state index in [4.69, 9.17) is 4.74 Å². The molecule has 0 aliphatic heterocycles. The number of nitrogens with one attached hydrogen (secondary N) is 1. The summed E-state index contributed by atoms with van der Waals surface area (Å²) in [5.74, 6) is 2.39. The lowest BCUT2D eigenvalue weighted by Crippen LogP contribution is -2.38. The SMILES string of the molecule is CCOCC(C)NC(C)CSCC. The zero-order chi connectivity index (χ0) is 10.1. The molecule has 0 saturated carbocycles. The van der Waals surface area contributed by atoms with E-state index in [2.05, 4.69) is 26.1 Å². The minimum atomic E-state index is 0.465. The lowest BCUT2D eigenvalue weighted by molar-refractivity contribution is 0.125. The molecule has 0 aromatic carbocycles. The summed E-state index contributed by atoms with van der Waals surface area (Å²) >= 11 is 1.98. The van der Waals surface area contributed by atoms with Crippen LogP contribution in [0.2, 0.25) is 0 Å². The fraction of sp³-hybridized carbons (Fsp3) is 1.00. The molecular formula is C10H23NOS. The molecule has 2 atom stereocenters. The summed E-state index contributed by atoms with van der Waals surface area (Å²) in [6.07, 6.45) is 0. The van der Waals surface area contributed by atoms with Crippen LogP contribution >= 0.6 is 11.8 Å². The number of thioether (sulfide) groups is 1. The smallest absolute Gasteiger partial charge is 0.0616 e. The standard InChI is InChI=1S/C10H23NOS/c1-5-12-7-9(3)11-10(4)8-13-6-2/h9-11H,5-8H2,1-4H3. The van der Waals surface area contributed by atoms with Gasteiger partial charge in [0.15, 0.2) is 0 Å². The summed E-state index contributed by atoms with van der Waals surface area (Å²) in [5, 5.41) is 3.50. The molecule has 0 radical (unpaired) electrons. The summed E-state index contributed by atoms with van der Waals surface area (Å²) in [5.41, 5.74) is 0. The van der Waals surface area contributed by atoms with E-state index in [1.54, 1.807) is 0 Å². The van der Waals surface area contributed by atoms with Crippen molar-refractivity contribution in [2.75, 3.05) is 24.7 Å². The fourth-order valence-electron chi connectivity index (χ4n) is 1.17. The predicted octanol–water partition coefficient (Wildman–Crippen LogP) is 2.14. The molecule has 0 heterocycles. The van der Waals surface area contributed by atoms with Crippen molar-refractivity contribution in [2.45, 2.75) is 39.8 Å². The third-order valence-electron chi connectivity index (χ3n) is 1.71. The third-order valence-corrected chi connectivity index (χ3v) is 2.86. The molecule has 80 valence electrons. The monoisotopic (exact) mass is 205 g/mol. The normalized spacial score (nSPS) is 15.7. The average Bonchev–Trinajstić information content (AvgIpc) is 2.11. The molecular weight excluding hydrogens is 182 g/mol. The van der Waals surface area contributed by atoms with Crippen molar-refractivity contribution in [3.63, 3.8) is 0 Å². The van der Waals surface area contributed by atoms with Crippen LogP contribution in [0.5, 0.6) is 0 Å². The number of ether oxygens (including phenoxy) is 1. The topological polar surface area (TPSA) is 21.3 Å². The van der Waals surface area contributed by atoms with Gasteiger partial charge in [-0.25, -0.2) is 0 Å². The fourth-order valence-corrected chi connectivity index (χ4v) is 1.86. The Kier molecular flexibility index (Phi) is 9.03. The van der Waals surface area contributed by atoms with E-state index >= 15 is 0 Å². The Morgan fingerprint density at radius 2 is 1.92 bits per heavy atom. The highest BCUT2D eigenvalue weighted by atomic mass is 32.2. The van der Waals surface area contributed by atoms with E-state index in [1.165, 1.54) is 11.5 Å². The van der Waals surface area contributed by atoms with E-state index in [9.17, 15) is 0 Å². The van der Waals surface area contributed by atoms with Crippen molar-refractivity contribution >= 4 is 11.8 Å². The first-order valence-corrected chi connectivity index (χ1v) is 6.27. The molecule has 3 heteroatoms. The largest absolute Gasteiger partial charge is 0.380 e. The Hall–Kier alpha value is 0.270. The van der Waals surface area contributed by atoms with Crippen LogP contribution in [0.1, 0.15) is 27.7 Å². The maximum atomic E-state index is 5.33. The van der Waals surface area contributed by atoms with Crippen LogP contribution in [0, 0.1) is 0 Å². The Morgan fingerprint density at radius 3 is 2.46 bits per heavy atom. The van der Waals surface area contributed by atoms with E-state index in [0.717, 1.165) is 13.2 Å². The van der Waals surface area contributed by atoms with Gasteiger partial charge in [-0.1, -0.05) is 6.92 Å². The van der Waals surface area contributed by atoms with Gasteiger partial charge in [0.05, 0.1) is 6.61 Å². The predicted molar refractivity (Wildman–Crippen MR) is 61.6 cm³/mol. The van der Waals surface area contributed by atoms with Crippen LogP contribution in [0.3, 0.4) is 0 Å². The van der Waals surface area contributed by atoms with Crippen LogP contribution in [0.15, 0.2) is 0 Å². The van der Waals surface area contributed by atoms with Crippen LogP contribution < -0.4 is 5.32 Å². The van der Waals surface area contributed by atoms with Crippen LogP contribution in [-0.4, -0.2) is 36.8 Å². The first kappa shape index (κ1) is 13.3. The first-order valence-electron chi connectivity index (χ1n) is 5.12. The maximum absolute atomic E-state index is 5.33. The van der Waals surface area contributed by atoms with Gasteiger partial charge in [-0.2, -0.15) is 11.8 Å². The summed E-state index contributed by atoms with van der Waals surface area (Å²) in [7, 11) is 0. The second kappa shape index (κ2) is 8.85. The molecule has 1 N–H and O–H groups in total. The molecule has 0 rings (SSSR count). The van der Waals surface area contributed by atoms with E-state index < -0.39 is 0 Å². The number of hydrogen-bond donors (Lipinski definition) is 1. The second-order valence-corrected chi connectivity index (χ2v) is 4.61. The summed E-state index contributed by atoms with van der Waals surface area (Å²) in [6.45, 7) is 10.2. The zero-order valence-electron chi connectivity index (χ0n) is 9.30. The van der Waals surface area contributed by atoms with Gasteiger partial charge < -0.3 is 10.1 Å². The van der Waals surface area contributed by atoms with Gasteiger partial charge >= 0.3 is 0 Å². The molecule has 0 aliphatic rings. The lowest BCUT2D eigenvalue weighted by Gasteiger charge is -2.19. The van der Waals surface area contributed by atoms with Crippen molar-refractivity contribution in [1.29, 1.82) is 0 Å². The van der Waals surface area contributed by atoms with E-state index in [0.29, 0.717) is 12.1 Å². The lowest BCUT2D eigenvalue weighted by atomic mass is 10.3. The average molecular weight is 205 g/mol. The van der Waals surface area contributed by atoms with E-state index in [-0.39, 0.29) is 0 Å². The highest BCUT2D eigenvalue weighted by Crippen LogP contribution is 2.02. The van der Waals surface area contributed by atoms with Gasteiger partial charge in [-0.05, 0) is 26.5 Å². The van der Waals surface area contributed by atoms with Gasteiger partial charge in [0.25, 0.3) is 0 Å². The summed E-state index contributed by atoms with van der Waals surface area (Å²) in [4.78, 5) is 0. The van der Waals surface area contributed by atoms with Gasteiger partial charge in [-0.3, -0.25) is 0 Å². The highest BCUT2D eigenvalue weighted by molar-refractivity contribution is 7.99. The van der Waals surface area contributed by atoms with Crippen molar-refractivity contribution in [2.24, 2.45) is 0 Å².